The molecular weight excluding hydrogens is 488 g/mol. The Morgan fingerprint density at radius 2 is 1.24 bits per heavy atom. The minimum absolute atomic E-state index is 0.00172. The molecule has 0 unspecified atom stereocenters. The van der Waals surface area contributed by atoms with Gasteiger partial charge in [0.2, 0.25) is 5.91 Å². The molecule has 0 aliphatic heterocycles. The number of esters is 2. The fraction of sp³-hybridized carbons (Fsp3) is 0.241. The van der Waals surface area contributed by atoms with E-state index in [-0.39, 0.29) is 31.8 Å². The van der Waals surface area contributed by atoms with E-state index in [1.165, 1.54) is 12.1 Å². The first-order valence-corrected chi connectivity index (χ1v) is 12.2. The fourth-order valence-corrected chi connectivity index (χ4v) is 3.28. The average Bonchev–Trinajstić information content (AvgIpc) is 2.90. The number of hydrogen-bond acceptors (Lipinski definition) is 7. The van der Waals surface area contributed by atoms with Crippen LogP contribution in [0.25, 0.3) is 0 Å². The van der Waals surface area contributed by atoms with Gasteiger partial charge in [0, 0.05) is 24.2 Å². The zero-order valence-corrected chi connectivity index (χ0v) is 21.3. The van der Waals surface area contributed by atoms with Crippen LogP contribution in [0.1, 0.15) is 42.1 Å². The molecule has 2 amide bonds. The van der Waals surface area contributed by atoms with Crippen LogP contribution in [-0.4, -0.2) is 37.0 Å². The third-order valence-electron chi connectivity index (χ3n) is 5.22. The van der Waals surface area contributed by atoms with E-state index in [4.69, 9.17) is 14.2 Å². The number of amides is 2. The molecule has 9 nitrogen and oxygen atoms in total. The molecule has 9 heteroatoms. The third kappa shape index (κ3) is 9.42. The molecule has 198 valence electrons. The van der Waals surface area contributed by atoms with Crippen LogP contribution in [0.4, 0.5) is 11.4 Å². The van der Waals surface area contributed by atoms with Crippen LogP contribution in [0, 0.1) is 6.92 Å². The van der Waals surface area contributed by atoms with Gasteiger partial charge in [0.05, 0.1) is 12.2 Å². The fourth-order valence-electron chi connectivity index (χ4n) is 3.28. The van der Waals surface area contributed by atoms with E-state index in [1.54, 1.807) is 43.3 Å². The maximum absolute atomic E-state index is 12.2. The molecule has 0 aliphatic carbocycles. The summed E-state index contributed by atoms with van der Waals surface area (Å²) in [6.07, 6.45) is 0.393. The molecule has 3 aromatic rings. The highest BCUT2D eigenvalue weighted by atomic mass is 16.5. The molecule has 0 heterocycles. The predicted molar refractivity (Wildman–Crippen MR) is 142 cm³/mol. The van der Waals surface area contributed by atoms with Crippen LogP contribution >= 0.6 is 0 Å². The summed E-state index contributed by atoms with van der Waals surface area (Å²) in [6.45, 7) is 3.53. The molecule has 0 saturated carbocycles. The van der Waals surface area contributed by atoms with E-state index >= 15 is 0 Å². The Hall–Kier alpha value is -4.66. The first-order valence-electron chi connectivity index (χ1n) is 12.2. The van der Waals surface area contributed by atoms with Crippen LogP contribution in [0.5, 0.6) is 11.5 Å². The Balaban J connectivity index is 1.31. The van der Waals surface area contributed by atoms with Gasteiger partial charge in [-0.15, -0.1) is 0 Å². The maximum Gasteiger partial charge on any atom is 0.338 e. The van der Waals surface area contributed by atoms with Gasteiger partial charge in [-0.2, -0.15) is 0 Å². The monoisotopic (exact) mass is 518 g/mol. The Bertz CT molecular complexity index is 1240. The van der Waals surface area contributed by atoms with Crippen molar-refractivity contribution in [2.75, 3.05) is 23.8 Å². The van der Waals surface area contributed by atoms with Crippen molar-refractivity contribution < 1.29 is 33.4 Å². The third-order valence-corrected chi connectivity index (χ3v) is 5.22. The number of rotatable bonds is 12. The van der Waals surface area contributed by atoms with Crippen LogP contribution in [0.2, 0.25) is 0 Å². The van der Waals surface area contributed by atoms with Crippen molar-refractivity contribution in [3.63, 3.8) is 0 Å². The van der Waals surface area contributed by atoms with Crippen LogP contribution < -0.4 is 15.4 Å². The molecule has 3 rings (SSSR count). The lowest BCUT2D eigenvalue weighted by Gasteiger charge is -2.09. The molecule has 0 fully saturated rings. The molecule has 3 aromatic carbocycles. The predicted octanol–water partition coefficient (Wildman–Crippen LogP) is 5.25. The molecule has 0 aromatic heterocycles. The van der Waals surface area contributed by atoms with E-state index < -0.39 is 24.5 Å². The highest BCUT2D eigenvalue weighted by molar-refractivity contribution is 5.94. The van der Waals surface area contributed by atoms with Gasteiger partial charge in [0.1, 0.15) is 11.5 Å². The topological polar surface area (TPSA) is 120 Å². The largest absolute Gasteiger partial charge is 0.462 e. The summed E-state index contributed by atoms with van der Waals surface area (Å²) in [5.74, 6) is -0.421. The summed E-state index contributed by atoms with van der Waals surface area (Å²) in [4.78, 5) is 47.8. The van der Waals surface area contributed by atoms with Crippen molar-refractivity contribution in [2.45, 2.75) is 33.1 Å². The van der Waals surface area contributed by atoms with Gasteiger partial charge in [-0.1, -0.05) is 17.7 Å². The van der Waals surface area contributed by atoms with Crippen molar-refractivity contribution in [3.05, 3.63) is 83.9 Å². The van der Waals surface area contributed by atoms with Gasteiger partial charge < -0.3 is 24.8 Å². The number of benzene rings is 3. The van der Waals surface area contributed by atoms with E-state index in [1.807, 2.05) is 31.2 Å². The summed E-state index contributed by atoms with van der Waals surface area (Å²) in [6, 6.07) is 20.8. The van der Waals surface area contributed by atoms with E-state index in [9.17, 15) is 19.2 Å². The van der Waals surface area contributed by atoms with Crippen molar-refractivity contribution in [1.29, 1.82) is 0 Å². The van der Waals surface area contributed by atoms with Crippen molar-refractivity contribution in [2.24, 2.45) is 0 Å². The van der Waals surface area contributed by atoms with E-state index in [2.05, 4.69) is 10.6 Å². The number of ether oxygens (including phenoxy) is 3. The summed E-state index contributed by atoms with van der Waals surface area (Å²) >= 11 is 0. The molecule has 0 radical (unpaired) electrons. The van der Waals surface area contributed by atoms with E-state index in [0.717, 1.165) is 11.3 Å². The minimum Gasteiger partial charge on any atom is -0.462 e. The average molecular weight is 519 g/mol. The SMILES string of the molecule is CCOC(=O)c1ccc(NC(=O)COC(=O)CCCC(=O)Nc2ccc(Oc3ccc(C)cc3)cc2)cc1. The van der Waals surface area contributed by atoms with E-state index in [0.29, 0.717) is 22.7 Å². The van der Waals surface area contributed by atoms with Gasteiger partial charge in [0.15, 0.2) is 6.61 Å². The molecule has 0 atom stereocenters. The highest BCUT2D eigenvalue weighted by Crippen LogP contribution is 2.23. The number of carbonyl (C=O) groups is 4. The lowest BCUT2D eigenvalue weighted by Crippen LogP contribution is -2.21. The van der Waals surface area contributed by atoms with Crippen LogP contribution in [0.15, 0.2) is 72.8 Å². The van der Waals surface area contributed by atoms with Crippen LogP contribution in [-0.2, 0) is 23.9 Å². The Morgan fingerprint density at radius 3 is 1.84 bits per heavy atom. The molecule has 0 spiro atoms. The quantitative estimate of drug-likeness (QED) is 0.314. The lowest BCUT2D eigenvalue weighted by molar-refractivity contribution is -0.147. The summed E-state index contributed by atoms with van der Waals surface area (Å²) in [5, 5.41) is 5.35. The Morgan fingerprint density at radius 1 is 0.684 bits per heavy atom. The second kappa shape index (κ2) is 14.2. The molecule has 0 aliphatic rings. The number of anilines is 2. The van der Waals surface area contributed by atoms with Gasteiger partial charge >= 0.3 is 11.9 Å². The zero-order valence-electron chi connectivity index (χ0n) is 21.3. The van der Waals surface area contributed by atoms with Gasteiger partial charge in [-0.25, -0.2) is 4.79 Å². The molecule has 38 heavy (non-hydrogen) atoms. The summed E-state index contributed by atoms with van der Waals surface area (Å²) in [5.41, 5.74) is 2.57. The number of hydrogen-bond donors (Lipinski definition) is 2. The van der Waals surface area contributed by atoms with Gasteiger partial charge in [-0.3, -0.25) is 14.4 Å². The van der Waals surface area contributed by atoms with Crippen molar-refractivity contribution >= 4 is 35.1 Å². The molecular formula is C29H30N2O7. The van der Waals surface area contributed by atoms with Crippen LogP contribution in [0.3, 0.4) is 0 Å². The first kappa shape index (κ1) is 27.9. The smallest absolute Gasteiger partial charge is 0.338 e. The highest BCUT2D eigenvalue weighted by Gasteiger charge is 2.11. The molecule has 0 saturated heterocycles. The Kier molecular flexibility index (Phi) is 10.4. The first-order chi connectivity index (χ1) is 18.3. The number of nitrogens with one attached hydrogen (secondary N) is 2. The van der Waals surface area contributed by atoms with Gasteiger partial charge in [0.25, 0.3) is 5.91 Å². The maximum atomic E-state index is 12.2. The second-order valence-corrected chi connectivity index (χ2v) is 8.35. The summed E-state index contributed by atoms with van der Waals surface area (Å²) in [7, 11) is 0. The second-order valence-electron chi connectivity index (χ2n) is 8.35. The standard InChI is InChI=1S/C29H30N2O7/c1-3-36-29(35)21-9-11-22(12-10-21)31-27(33)19-37-28(34)6-4-5-26(32)30-23-13-17-25(18-14-23)38-24-15-7-20(2)8-16-24/h7-18H,3-6,19H2,1-2H3,(H,30,32)(H,31,33). The zero-order chi connectivity index (χ0) is 27.3. The number of carbonyl (C=O) groups excluding carboxylic acids is 4. The lowest BCUT2D eigenvalue weighted by atomic mass is 10.2. The molecule has 0 bridgehead atoms. The van der Waals surface area contributed by atoms with Gasteiger partial charge in [-0.05, 0) is 80.9 Å². The van der Waals surface area contributed by atoms with Crippen molar-refractivity contribution in [3.8, 4) is 11.5 Å². The minimum atomic E-state index is -0.580. The number of aryl methyl sites for hydroxylation is 1. The molecule has 2 N–H and O–H groups in total. The summed E-state index contributed by atoms with van der Waals surface area (Å²) < 4.78 is 15.6. The normalized spacial score (nSPS) is 10.3. The van der Waals surface area contributed by atoms with Crippen molar-refractivity contribution in [1.82, 2.24) is 0 Å². The Labute approximate surface area is 221 Å².